The van der Waals surface area contributed by atoms with Crippen molar-refractivity contribution in [2.45, 2.75) is 66.1 Å². The quantitative estimate of drug-likeness (QED) is 0.614. The number of aliphatic hydroxyl groups is 1. The predicted molar refractivity (Wildman–Crippen MR) is 102 cm³/mol. The number of aryl methyl sites for hydroxylation is 3. The number of ketones is 1. The first-order valence-electron chi connectivity index (χ1n) is 8.57. The van der Waals surface area contributed by atoms with E-state index in [9.17, 15) is 9.90 Å². The molecule has 0 spiro atoms. The number of rotatable bonds is 3. The largest absolute Gasteiger partial charge is 0.511 e. The SMILES string of the molecule is CCC(=N)C1=C(O)CC(c2c(C)cc(C)cc2C)CC1=O.[B]CC. The van der Waals surface area contributed by atoms with Crippen molar-refractivity contribution < 1.29 is 9.90 Å². The second kappa shape index (κ2) is 8.86. The van der Waals surface area contributed by atoms with Gasteiger partial charge in [0.1, 0.15) is 5.76 Å². The Morgan fingerprint density at radius 1 is 1.21 bits per heavy atom. The standard InChI is InChI=1S/C18H23NO2.C2H5B/c1-5-14(19)18-15(20)8-13(9-16(18)21)17-11(3)6-10(2)7-12(17)4;1-2-3/h6-7,13,19-20H,5,8-9H2,1-4H3;2H2,1H3. The van der Waals surface area contributed by atoms with Gasteiger partial charge in [-0.15, -0.1) is 0 Å². The first-order valence-corrected chi connectivity index (χ1v) is 8.57. The molecule has 0 saturated heterocycles. The summed E-state index contributed by atoms with van der Waals surface area (Å²) in [5.41, 5.74) is 5.22. The number of allylic oxidation sites excluding steroid dienone is 2. The van der Waals surface area contributed by atoms with Gasteiger partial charge in [-0.05, 0) is 49.8 Å². The van der Waals surface area contributed by atoms with E-state index in [-0.39, 0.29) is 28.7 Å². The number of benzene rings is 1. The summed E-state index contributed by atoms with van der Waals surface area (Å²) < 4.78 is 0. The molecule has 1 unspecified atom stereocenters. The highest BCUT2D eigenvalue weighted by atomic mass is 16.3. The van der Waals surface area contributed by atoms with Gasteiger partial charge in [-0.1, -0.05) is 37.9 Å². The number of carbonyl (C=O) groups excluding carboxylic acids is 1. The molecule has 2 N–H and O–H groups in total. The first kappa shape index (κ1) is 20.2. The summed E-state index contributed by atoms with van der Waals surface area (Å²) in [5.74, 6) is 0.00366. The van der Waals surface area contributed by atoms with Gasteiger partial charge in [0.05, 0.1) is 13.4 Å². The predicted octanol–water partition coefficient (Wildman–Crippen LogP) is 4.89. The highest BCUT2D eigenvalue weighted by Crippen LogP contribution is 2.37. The fourth-order valence-electron chi connectivity index (χ4n) is 3.45. The van der Waals surface area contributed by atoms with Crippen LogP contribution in [0.2, 0.25) is 6.32 Å². The Balaban J connectivity index is 0.000000891. The lowest BCUT2D eigenvalue weighted by Gasteiger charge is -2.26. The number of hydrogen-bond donors (Lipinski definition) is 2. The molecule has 0 bridgehead atoms. The van der Waals surface area contributed by atoms with Crippen molar-refractivity contribution in [3.05, 3.63) is 45.7 Å². The Morgan fingerprint density at radius 2 is 1.71 bits per heavy atom. The Bertz CT molecular complexity index is 639. The third kappa shape index (κ3) is 4.59. The van der Waals surface area contributed by atoms with Crippen LogP contribution in [0.25, 0.3) is 0 Å². The smallest absolute Gasteiger partial charge is 0.168 e. The molecule has 0 saturated carbocycles. The van der Waals surface area contributed by atoms with Crippen molar-refractivity contribution in [3.63, 3.8) is 0 Å². The van der Waals surface area contributed by atoms with Gasteiger partial charge in [0.15, 0.2) is 5.78 Å². The Kier molecular flexibility index (Phi) is 7.46. The number of aliphatic hydroxyl groups excluding tert-OH is 1. The van der Waals surface area contributed by atoms with Gasteiger partial charge in [0.2, 0.25) is 0 Å². The van der Waals surface area contributed by atoms with E-state index in [0.29, 0.717) is 19.3 Å². The van der Waals surface area contributed by atoms with Crippen LogP contribution in [0.4, 0.5) is 0 Å². The van der Waals surface area contributed by atoms with E-state index in [1.165, 1.54) is 22.3 Å². The van der Waals surface area contributed by atoms with Crippen LogP contribution in [-0.4, -0.2) is 24.4 Å². The highest BCUT2D eigenvalue weighted by molar-refractivity contribution is 6.22. The lowest BCUT2D eigenvalue weighted by molar-refractivity contribution is -0.116. The molecule has 0 fully saturated rings. The van der Waals surface area contributed by atoms with Gasteiger partial charge in [-0.25, -0.2) is 0 Å². The monoisotopic (exact) mass is 325 g/mol. The summed E-state index contributed by atoms with van der Waals surface area (Å²) in [7, 11) is 4.85. The molecule has 1 atom stereocenters. The molecule has 1 aliphatic carbocycles. The third-order valence-corrected chi connectivity index (χ3v) is 4.24. The topological polar surface area (TPSA) is 61.1 Å². The highest BCUT2D eigenvalue weighted by Gasteiger charge is 2.31. The van der Waals surface area contributed by atoms with E-state index in [1.807, 2.05) is 13.8 Å². The van der Waals surface area contributed by atoms with Gasteiger partial charge in [-0.2, -0.15) is 0 Å². The average molecular weight is 325 g/mol. The molecule has 0 aliphatic heterocycles. The molecule has 4 heteroatoms. The normalized spacial score (nSPS) is 17.4. The molecule has 1 aromatic rings. The molecule has 2 radical (unpaired) electrons. The Labute approximate surface area is 147 Å². The maximum Gasteiger partial charge on any atom is 0.168 e. The molecule has 2 rings (SSSR count). The second-order valence-electron chi connectivity index (χ2n) is 6.40. The van der Waals surface area contributed by atoms with Gasteiger partial charge in [-0.3, -0.25) is 4.79 Å². The van der Waals surface area contributed by atoms with E-state index in [2.05, 4.69) is 32.9 Å². The molecule has 0 amide bonds. The molecule has 3 nitrogen and oxygen atoms in total. The summed E-state index contributed by atoms with van der Waals surface area (Å²) in [4.78, 5) is 12.3. The van der Waals surface area contributed by atoms with Gasteiger partial charge >= 0.3 is 0 Å². The van der Waals surface area contributed by atoms with Gasteiger partial charge in [0.25, 0.3) is 0 Å². The summed E-state index contributed by atoms with van der Waals surface area (Å²) in [6, 6.07) is 4.24. The van der Waals surface area contributed by atoms with Crippen LogP contribution in [0.15, 0.2) is 23.5 Å². The molecule has 1 aromatic carbocycles. The van der Waals surface area contributed by atoms with Crippen molar-refractivity contribution in [3.8, 4) is 0 Å². The molecular formula is C20H28BNO2. The molecule has 24 heavy (non-hydrogen) atoms. The van der Waals surface area contributed by atoms with E-state index in [0.717, 1.165) is 6.32 Å². The van der Waals surface area contributed by atoms with Gasteiger partial charge in [0, 0.05) is 18.6 Å². The Morgan fingerprint density at radius 3 is 2.12 bits per heavy atom. The maximum atomic E-state index is 12.3. The van der Waals surface area contributed by atoms with Gasteiger partial charge < -0.3 is 10.5 Å². The van der Waals surface area contributed by atoms with Crippen molar-refractivity contribution in [2.24, 2.45) is 0 Å². The summed E-state index contributed by atoms with van der Waals surface area (Å²) >= 11 is 0. The summed E-state index contributed by atoms with van der Waals surface area (Å²) in [6.45, 7) is 9.92. The molecule has 0 aromatic heterocycles. The zero-order chi connectivity index (χ0) is 18.4. The van der Waals surface area contributed by atoms with Crippen molar-refractivity contribution >= 4 is 19.3 Å². The number of Topliss-reactive ketones (excluding diaryl/α,β-unsaturated/α-hetero) is 1. The fourth-order valence-corrected chi connectivity index (χ4v) is 3.45. The van der Waals surface area contributed by atoms with Crippen molar-refractivity contribution in [2.75, 3.05) is 0 Å². The van der Waals surface area contributed by atoms with Crippen molar-refractivity contribution in [1.82, 2.24) is 0 Å². The molecular weight excluding hydrogens is 297 g/mol. The summed E-state index contributed by atoms with van der Waals surface area (Å²) in [6.07, 6.45) is 2.05. The minimum atomic E-state index is -0.102. The third-order valence-electron chi connectivity index (χ3n) is 4.24. The van der Waals surface area contributed by atoms with E-state index in [4.69, 9.17) is 13.3 Å². The lowest BCUT2D eigenvalue weighted by atomic mass is 9.78. The Hall–Kier alpha value is -1.84. The summed E-state index contributed by atoms with van der Waals surface area (Å²) in [5, 5.41) is 18.1. The van der Waals surface area contributed by atoms with Crippen LogP contribution in [0, 0.1) is 26.2 Å². The van der Waals surface area contributed by atoms with Crippen LogP contribution in [-0.2, 0) is 4.79 Å². The van der Waals surface area contributed by atoms with E-state index in [1.54, 1.807) is 0 Å². The number of nitrogens with one attached hydrogen (secondary N) is 1. The molecule has 128 valence electrons. The van der Waals surface area contributed by atoms with Crippen LogP contribution in [0.1, 0.15) is 61.3 Å². The number of hydrogen-bond acceptors (Lipinski definition) is 3. The zero-order valence-electron chi connectivity index (χ0n) is 15.5. The fraction of sp³-hybridized carbons (Fsp3) is 0.500. The van der Waals surface area contributed by atoms with Crippen molar-refractivity contribution in [1.29, 1.82) is 5.41 Å². The lowest BCUT2D eigenvalue weighted by Crippen LogP contribution is -2.23. The van der Waals surface area contributed by atoms with E-state index >= 15 is 0 Å². The van der Waals surface area contributed by atoms with E-state index < -0.39 is 0 Å². The molecule has 0 heterocycles. The van der Waals surface area contributed by atoms with Crippen LogP contribution >= 0.6 is 0 Å². The van der Waals surface area contributed by atoms with Crippen LogP contribution < -0.4 is 0 Å². The number of carbonyl (C=O) groups is 1. The maximum absolute atomic E-state index is 12.3. The first-order chi connectivity index (χ1) is 11.3. The second-order valence-corrected chi connectivity index (χ2v) is 6.40. The minimum Gasteiger partial charge on any atom is -0.511 e. The zero-order valence-corrected chi connectivity index (χ0v) is 15.5. The van der Waals surface area contributed by atoms with Crippen LogP contribution in [0.5, 0.6) is 0 Å². The average Bonchev–Trinajstić information content (AvgIpc) is 2.46. The molecule has 1 aliphatic rings. The minimum absolute atomic E-state index is 0.0199. The van der Waals surface area contributed by atoms with Crippen LogP contribution in [0.3, 0.4) is 0 Å².